The molecule has 0 saturated carbocycles. The number of carbonyl (C=O) groups excluding carboxylic acids is 2. The van der Waals surface area contributed by atoms with Crippen molar-refractivity contribution in [3.63, 3.8) is 0 Å². The molecule has 0 radical (unpaired) electrons. The van der Waals surface area contributed by atoms with Crippen LogP contribution in [-0.2, 0) is 30.8 Å². The Hall–Kier alpha value is -2.65. The van der Waals surface area contributed by atoms with E-state index in [1.54, 1.807) is 12.1 Å². The quantitative estimate of drug-likeness (QED) is 0.674. The van der Waals surface area contributed by atoms with E-state index in [0.29, 0.717) is 31.0 Å². The maximum absolute atomic E-state index is 12.5. The highest BCUT2D eigenvalue weighted by Crippen LogP contribution is 2.22. The van der Waals surface area contributed by atoms with Gasteiger partial charge in [0.1, 0.15) is 5.76 Å². The van der Waals surface area contributed by atoms with Crippen LogP contribution in [0.5, 0.6) is 0 Å². The first kappa shape index (κ1) is 20.1. The Morgan fingerprint density at radius 2 is 1.82 bits per heavy atom. The van der Waals surface area contributed by atoms with Crippen molar-refractivity contribution in [3.8, 4) is 0 Å². The van der Waals surface area contributed by atoms with Gasteiger partial charge in [0.05, 0.1) is 17.6 Å². The first-order valence-corrected chi connectivity index (χ1v) is 10.5. The number of amides is 1. The molecule has 1 saturated heterocycles. The average molecular weight is 406 g/mol. The first-order chi connectivity index (χ1) is 13.4. The summed E-state index contributed by atoms with van der Waals surface area (Å²) in [6, 6.07) is 9.43. The smallest absolute Gasteiger partial charge is 0.306 e. The van der Waals surface area contributed by atoms with E-state index in [1.165, 1.54) is 34.8 Å². The zero-order valence-electron chi connectivity index (χ0n) is 15.3. The third-order valence-corrected chi connectivity index (χ3v) is 6.27. The van der Waals surface area contributed by atoms with Crippen LogP contribution in [0.4, 0.5) is 5.69 Å². The highest BCUT2D eigenvalue weighted by molar-refractivity contribution is 7.89. The Bertz CT molecular complexity index is 900. The first-order valence-electron chi connectivity index (χ1n) is 9.03. The van der Waals surface area contributed by atoms with Crippen LogP contribution in [0.3, 0.4) is 0 Å². The minimum absolute atomic E-state index is 0.115. The van der Waals surface area contributed by atoms with Gasteiger partial charge in [-0.15, -0.1) is 0 Å². The topological polar surface area (TPSA) is 106 Å². The fourth-order valence-corrected chi connectivity index (χ4v) is 4.40. The molecule has 1 fully saturated rings. The number of hydrogen-bond donors (Lipinski definition) is 1. The van der Waals surface area contributed by atoms with Gasteiger partial charge in [0.2, 0.25) is 10.0 Å². The second-order valence-corrected chi connectivity index (χ2v) is 8.36. The maximum atomic E-state index is 12.5. The molecule has 2 aromatic rings. The molecule has 1 aliphatic heterocycles. The lowest BCUT2D eigenvalue weighted by atomic mass is 10.2. The van der Waals surface area contributed by atoms with E-state index in [2.05, 4.69) is 5.32 Å². The highest BCUT2D eigenvalue weighted by atomic mass is 32.2. The number of aryl methyl sites for hydroxylation is 1. The van der Waals surface area contributed by atoms with E-state index in [4.69, 9.17) is 9.15 Å². The molecular formula is C19H22N2O6S. The van der Waals surface area contributed by atoms with Crippen molar-refractivity contribution < 1.29 is 27.2 Å². The lowest BCUT2D eigenvalue weighted by Crippen LogP contribution is -2.27. The lowest BCUT2D eigenvalue weighted by molar-refractivity contribution is -0.147. The SMILES string of the molecule is O=C(COC(=O)CCc1ccco1)Nc1ccc(S(=O)(=O)N2CCCC2)cc1. The standard InChI is InChI=1S/C19H22N2O6S/c22-18(14-27-19(23)10-7-16-4-3-13-26-16)20-15-5-8-17(9-6-15)28(24,25)21-11-1-2-12-21/h3-6,8-9,13H,1-2,7,10-12,14H2,(H,20,22). The van der Waals surface area contributed by atoms with Crippen LogP contribution in [0.15, 0.2) is 52.0 Å². The fourth-order valence-electron chi connectivity index (χ4n) is 2.88. The van der Waals surface area contributed by atoms with Gasteiger partial charge in [-0.2, -0.15) is 4.31 Å². The van der Waals surface area contributed by atoms with Gasteiger partial charge in [-0.3, -0.25) is 9.59 Å². The van der Waals surface area contributed by atoms with Gasteiger partial charge >= 0.3 is 5.97 Å². The molecule has 0 unspecified atom stereocenters. The molecular weight excluding hydrogens is 384 g/mol. The third-order valence-electron chi connectivity index (χ3n) is 4.36. The average Bonchev–Trinajstić information content (AvgIpc) is 3.39. The normalized spacial score (nSPS) is 14.7. The molecule has 1 amide bonds. The molecule has 28 heavy (non-hydrogen) atoms. The van der Waals surface area contributed by atoms with E-state index < -0.39 is 28.5 Å². The van der Waals surface area contributed by atoms with Gasteiger partial charge in [0.15, 0.2) is 6.61 Å². The second kappa shape index (κ2) is 9.03. The van der Waals surface area contributed by atoms with Crippen molar-refractivity contribution in [1.29, 1.82) is 0 Å². The predicted octanol–water partition coefficient (Wildman–Crippen LogP) is 2.18. The number of anilines is 1. The lowest BCUT2D eigenvalue weighted by Gasteiger charge is -2.15. The molecule has 3 rings (SSSR count). The summed E-state index contributed by atoms with van der Waals surface area (Å²) in [7, 11) is -3.49. The van der Waals surface area contributed by atoms with E-state index in [9.17, 15) is 18.0 Å². The monoisotopic (exact) mass is 406 g/mol. The van der Waals surface area contributed by atoms with Crippen LogP contribution in [0.1, 0.15) is 25.0 Å². The number of furan rings is 1. The number of nitrogens with one attached hydrogen (secondary N) is 1. The number of nitrogens with zero attached hydrogens (tertiary/aromatic N) is 1. The summed E-state index contributed by atoms with van der Waals surface area (Å²) in [4.78, 5) is 23.8. The van der Waals surface area contributed by atoms with Crippen molar-refractivity contribution in [3.05, 3.63) is 48.4 Å². The summed E-state index contributed by atoms with van der Waals surface area (Å²) in [6.07, 6.45) is 3.78. The molecule has 8 nitrogen and oxygen atoms in total. The molecule has 0 atom stereocenters. The molecule has 2 heterocycles. The minimum atomic E-state index is -3.49. The second-order valence-electron chi connectivity index (χ2n) is 6.42. The van der Waals surface area contributed by atoms with E-state index in [0.717, 1.165) is 12.8 Å². The molecule has 0 bridgehead atoms. The van der Waals surface area contributed by atoms with E-state index >= 15 is 0 Å². The van der Waals surface area contributed by atoms with Crippen LogP contribution >= 0.6 is 0 Å². The summed E-state index contributed by atoms with van der Waals surface area (Å²) in [6.45, 7) is 0.656. The van der Waals surface area contributed by atoms with Crippen molar-refractivity contribution in [2.45, 2.75) is 30.6 Å². The van der Waals surface area contributed by atoms with Gasteiger partial charge in [0, 0.05) is 25.2 Å². The zero-order valence-corrected chi connectivity index (χ0v) is 16.1. The Labute approximate surface area is 163 Å². The minimum Gasteiger partial charge on any atom is -0.469 e. The molecule has 1 aliphatic rings. The maximum Gasteiger partial charge on any atom is 0.306 e. The molecule has 1 aromatic carbocycles. The van der Waals surface area contributed by atoms with Gasteiger partial charge in [-0.25, -0.2) is 8.42 Å². The van der Waals surface area contributed by atoms with Crippen molar-refractivity contribution in [2.24, 2.45) is 0 Å². The van der Waals surface area contributed by atoms with Gasteiger partial charge in [-0.1, -0.05) is 0 Å². The summed E-state index contributed by atoms with van der Waals surface area (Å²) >= 11 is 0. The Morgan fingerprint density at radius 1 is 1.11 bits per heavy atom. The molecule has 150 valence electrons. The number of sulfonamides is 1. The largest absolute Gasteiger partial charge is 0.469 e. The number of esters is 1. The van der Waals surface area contributed by atoms with Gasteiger partial charge < -0.3 is 14.5 Å². The number of carbonyl (C=O) groups is 2. The van der Waals surface area contributed by atoms with Crippen LogP contribution in [-0.4, -0.2) is 44.3 Å². The molecule has 0 aliphatic carbocycles. The number of benzene rings is 1. The summed E-state index contributed by atoms with van der Waals surface area (Å²) in [5.41, 5.74) is 0.428. The summed E-state index contributed by atoms with van der Waals surface area (Å²) in [5.74, 6) is -0.328. The van der Waals surface area contributed by atoms with Crippen LogP contribution in [0, 0.1) is 0 Å². The Kier molecular flexibility index (Phi) is 6.48. The Balaban J connectivity index is 1.45. The summed E-state index contributed by atoms with van der Waals surface area (Å²) < 4.78 is 36.4. The number of rotatable bonds is 8. The Morgan fingerprint density at radius 3 is 2.46 bits per heavy atom. The molecule has 0 spiro atoms. The van der Waals surface area contributed by atoms with Crippen molar-refractivity contribution in [1.82, 2.24) is 4.31 Å². The van der Waals surface area contributed by atoms with E-state index in [-0.39, 0.29) is 11.3 Å². The molecule has 9 heteroatoms. The van der Waals surface area contributed by atoms with Crippen LogP contribution < -0.4 is 5.32 Å². The predicted molar refractivity (Wildman–Crippen MR) is 101 cm³/mol. The number of hydrogen-bond acceptors (Lipinski definition) is 6. The molecule has 1 aromatic heterocycles. The van der Waals surface area contributed by atoms with Gasteiger partial charge in [0.25, 0.3) is 5.91 Å². The van der Waals surface area contributed by atoms with Gasteiger partial charge in [-0.05, 0) is 49.2 Å². The molecule has 1 N–H and O–H groups in total. The third kappa shape index (κ3) is 5.20. The summed E-state index contributed by atoms with van der Waals surface area (Å²) in [5, 5.41) is 2.57. The van der Waals surface area contributed by atoms with Crippen LogP contribution in [0.2, 0.25) is 0 Å². The fraction of sp³-hybridized carbons (Fsp3) is 0.368. The van der Waals surface area contributed by atoms with Crippen LogP contribution in [0.25, 0.3) is 0 Å². The van der Waals surface area contributed by atoms with Crippen molar-refractivity contribution in [2.75, 3.05) is 25.0 Å². The van der Waals surface area contributed by atoms with Crippen molar-refractivity contribution >= 4 is 27.6 Å². The highest BCUT2D eigenvalue weighted by Gasteiger charge is 2.26. The number of ether oxygens (including phenoxy) is 1. The van der Waals surface area contributed by atoms with E-state index in [1.807, 2.05) is 0 Å². The zero-order chi connectivity index (χ0) is 20.0.